The van der Waals surface area contributed by atoms with E-state index in [2.05, 4.69) is 4.98 Å². The Hall–Kier alpha value is -2.25. The van der Waals surface area contributed by atoms with Gasteiger partial charge in [0.2, 0.25) is 0 Å². The lowest BCUT2D eigenvalue weighted by Crippen LogP contribution is -2.34. The first-order chi connectivity index (χ1) is 11.5. The van der Waals surface area contributed by atoms with E-state index in [9.17, 15) is 9.59 Å². The van der Waals surface area contributed by atoms with E-state index in [0.717, 1.165) is 12.0 Å². The van der Waals surface area contributed by atoms with Crippen LogP contribution in [-0.4, -0.2) is 47.1 Å². The molecule has 24 heavy (non-hydrogen) atoms. The fraction of sp³-hybridized carbons (Fsp3) is 0.353. The van der Waals surface area contributed by atoms with Gasteiger partial charge in [-0.15, -0.1) is 11.3 Å². The minimum absolute atomic E-state index is 0.00591. The second-order valence-corrected chi connectivity index (χ2v) is 6.76. The molecule has 3 heterocycles. The van der Waals surface area contributed by atoms with Crippen molar-refractivity contribution in [3.05, 3.63) is 51.0 Å². The minimum Gasteiger partial charge on any atom is -0.478 e. The number of carbonyl (C=O) groups is 2. The molecule has 1 atom stereocenters. The van der Waals surface area contributed by atoms with Gasteiger partial charge < -0.3 is 14.7 Å². The molecular weight excluding hydrogens is 328 g/mol. The van der Waals surface area contributed by atoms with Crippen LogP contribution in [0.5, 0.6) is 0 Å². The van der Waals surface area contributed by atoms with Crippen molar-refractivity contribution in [2.75, 3.05) is 20.2 Å². The molecule has 2 aromatic rings. The third-order valence-electron chi connectivity index (χ3n) is 4.13. The highest BCUT2D eigenvalue weighted by Gasteiger charge is 2.26. The summed E-state index contributed by atoms with van der Waals surface area (Å²) in [6.45, 7) is 2.76. The standard InChI is InChI=1S/C17H18N2O4S/c1-10-13(7-11(8-18-10)17(21)22)16(20)19(2)9-14-12-4-6-24-15(12)3-5-23-14/h4,6-8,14H,3,5,9H2,1-2H3,(H,21,22). The average Bonchev–Trinajstić information content (AvgIpc) is 3.04. The Bertz CT molecular complexity index is 787. The molecule has 0 radical (unpaired) electrons. The van der Waals surface area contributed by atoms with Crippen molar-refractivity contribution in [1.82, 2.24) is 9.88 Å². The largest absolute Gasteiger partial charge is 0.478 e. The molecule has 1 aliphatic heterocycles. The Morgan fingerprint density at radius 3 is 3.04 bits per heavy atom. The lowest BCUT2D eigenvalue weighted by Gasteiger charge is -2.28. The number of likely N-dealkylation sites (N-methyl/N-ethyl adjacent to an activating group) is 1. The predicted octanol–water partition coefficient (Wildman–Crippen LogP) is 2.54. The molecule has 1 aliphatic rings. The fourth-order valence-corrected chi connectivity index (χ4v) is 3.69. The highest BCUT2D eigenvalue weighted by atomic mass is 32.1. The van der Waals surface area contributed by atoms with Crippen LogP contribution in [0, 0.1) is 6.92 Å². The van der Waals surface area contributed by atoms with Crippen LogP contribution in [0.1, 0.15) is 43.0 Å². The topological polar surface area (TPSA) is 79.7 Å². The van der Waals surface area contributed by atoms with Crippen molar-refractivity contribution in [3.8, 4) is 0 Å². The van der Waals surface area contributed by atoms with Gasteiger partial charge in [-0.1, -0.05) is 0 Å². The lowest BCUT2D eigenvalue weighted by molar-refractivity contribution is 0.0209. The van der Waals surface area contributed by atoms with Gasteiger partial charge in [0.25, 0.3) is 5.91 Å². The number of aromatic nitrogens is 1. The zero-order chi connectivity index (χ0) is 17.3. The van der Waals surface area contributed by atoms with Gasteiger partial charge in [0.1, 0.15) is 6.10 Å². The quantitative estimate of drug-likeness (QED) is 0.920. The number of carbonyl (C=O) groups excluding carboxylic acids is 1. The molecule has 6 nitrogen and oxygen atoms in total. The molecule has 0 fully saturated rings. The van der Waals surface area contributed by atoms with Gasteiger partial charge in [0.05, 0.1) is 30.0 Å². The van der Waals surface area contributed by atoms with Crippen molar-refractivity contribution >= 4 is 23.2 Å². The molecule has 0 aliphatic carbocycles. The molecule has 1 unspecified atom stereocenters. The summed E-state index contributed by atoms with van der Waals surface area (Å²) in [7, 11) is 1.69. The number of aryl methyl sites for hydroxylation is 1. The number of carboxylic acids is 1. The number of amides is 1. The van der Waals surface area contributed by atoms with Crippen LogP contribution in [0.15, 0.2) is 23.7 Å². The molecule has 0 aromatic carbocycles. The molecule has 0 saturated heterocycles. The fourth-order valence-electron chi connectivity index (χ4n) is 2.78. The molecule has 2 aromatic heterocycles. The Morgan fingerprint density at radius 1 is 1.50 bits per heavy atom. The number of ether oxygens (including phenoxy) is 1. The molecule has 3 rings (SSSR count). The number of fused-ring (bicyclic) bond motifs is 1. The summed E-state index contributed by atoms with van der Waals surface area (Å²) < 4.78 is 5.81. The Labute approximate surface area is 143 Å². The van der Waals surface area contributed by atoms with E-state index >= 15 is 0 Å². The van der Waals surface area contributed by atoms with Crippen LogP contribution in [0.25, 0.3) is 0 Å². The maximum Gasteiger partial charge on any atom is 0.337 e. The molecule has 1 N–H and O–H groups in total. The summed E-state index contributed by atoms with van der Waals surface area (Å²) in [5.41, 5.74) is 1.96. The monoisotopic (exact) mass is 346 g/mol. The van der Waals surface area contributed by atoms with Crippen LogP contribution < -0.4 is 0 Å². The molecule has 1 amide bonds. The van der Waals surface area contributed by atoms with Gasteiger partial charge in [-0.05, 0) is 30.0 Å². The normalized spacial score (nSPS) is 16.5. The summed E-state index contributed by atoms with van der Waals surface area (Å²) in [5, 5.41) is 11.1. The van der Waals surface area contributed by atoms with Crippen molar-refractivity contribution in [1.29, 1.82) is 0 Å². The third-order valence-corrected chi connectivity index (χ3v) is 5.12. The van der Waals surface area contributed by atoms with Gasteiger partial charge in [-0.3, -0.25) is 9.78 Å². The third kappa shape index (κ3) is 3.18. The second-order valence-electron chi connectivity index (χ2n) is 5.76. The van der Waals surface area contributed by atoms with Crippen LogP contribution in [0.2, 0.25) is 0 Å². The maximum absolute atomic E-state index is 12.7. The average molecular weight is 346 g/mol. The Balaban J connectivity index is 1.79. The van der Waals surface area contributed by atoms with E-state index in [-0.39, 0.29) is 17.6 Å². The number of hydrogen-bond acceptors (Lipinski definition) is 5. The van der Waals surface area contributed by atoms with Gasteiger partial charge in [-0.25, -0.2) is 4.79 Å². The number of carboxylic acid groups (broad SMARTS) is 1. The SMILES string of the molecule is Cc1ncc(C(=O)O)cc1C(=O)N(C)CC1OCCc2sccc21. The highest BCUT2D eigenvalue weighted by Crippen LogP contribution is 2.31. The van der Waals surface area contributed by atoms with E-state index in [1.807, 2.05) is 11.4 Å². The van der Waals surface area contributed by atoms with E-state index in [1.165, 1.54) is 17.1 Å². The number of nitrogens with zero attached hydrogens (tertiary/aromatic N) is 2. The van der Waals surface area contributed by atoms with Gasteiger partial charge in [0.15, 0.2) is 0 Å². The zero-order valence-electron chi connectivity index (χ0n) is 13.5. The summed E-state index contributed by atoms with van der Waals surface area (Å²) >= 11 is 1.71. The zero-order valence-corrected chi connectivity index (χ0v) is 14.3. The molecular formula is C17H18N2O4S. The van der Waals surface area contributed by atoms with Crippen molar-refractivity contribution in [2.24, 2.45) is 0 Å². The minimum atomic E-state index is -1.10. The number of aromatic carboxylic acids is 1. The van der Waals surface area contributed by atoms with Crippen LogP contribution in [0.3, 0.4) is 0 Å². The summed E-state index contributed by atoms with van der Waals surface area (Å²) in [6, 6.07) is 3.42. The maximum atomic E-state index is 12.7. The van der Waals surface area contributed by atoms with Crippen molar-refractivity contribution in [2.45, 2.75) is 19.4 Å². The molecule has 7 heteroatoms. The van der Waals surface area contributed by atoms with E-state index in [4.69, 9.17) is 9.84 Å². The van der Waals surface area contributed by atoms with Gasteiger partial charge in [0, 0.05) is 24.5 Å². The number of hydrogen-bond donors (Lipinski definition) is 1. The van der Waals surface area contributed by atoms with E-state index in [1.54, 1.807) is 30.2 Å². The molecule has 0 bridgehead atoms. The van der Waals surface area contributed by atoms with Crippen molar-refractivity contribution in [3.63, 3.8) is 0 Å². The van der Waals surface area contributed by atoms with Crippen LogP contribution >= 0.6 is 11.3 Å². The van der Waals surface area contributed by atoms with Crippen molar-refractivity contribution < 1.29 is 19.4 Å². The van der Waals surface area contributed by atoms with E-state index in [0.29, 0.717) is 24.4 Å². The lowest BCUT2D eigenvalue weighted by atomic mass is 10.1. The second kappa shape index (κ2) is 6.70. The summed E-state index contributed by atoms with van der Waals surface area (Å²) in [4.78, 5) is 30.7. The number of rotatable bonds is 4. The summed E-state index contributed by atoms with van der Waals surface area (Å²) in [5.74, 6) is -1.35. The molecule has 126 valence electrons. The predicted molar refractivity (Wildman–Crippen MR) is 89.6 cm³/mol. The highest BCUT2D eigenvalue weighted by molar-refractivity contribution is 7.10. The number of pyridine rings is 1. The molecule has 0 spiro atoms. The van der Waals surface area contributed by atoms with Crippen LogP contribution in [0.4, 0.5) is 0 Å². The number of thiophene rings is 1. The van der Waals surface area contributed by atoms with Gasteiger partial charge in [-0.2, -0.15) is 0 Å². The van der Waals surface area contributed by atoms with Gasteiger partial charge >= 0.3 is 5.97 Å². The molecule has 0 saturated carbocycles. The smallest absolute Gasteiger partial charge is 0.337 e. The first kappa shape index (κ1) is 16.6. The van der Waals surface area contributed by atoms with E-state index < -0.39 is 5.97 Å². The summed E-state index contributed by atoms with van der Waals surface area (Å²) in [6.07, 6.45) is 2.02. The first-order valence-corrected chi connectivity index (χ1v) is 8.48. The first-order valence-electron chi connectivity index (χ1n) is 7.60. The Morgan fingerprint density at radius 2 is 2.29 bits per heavy atom. The Kier molecular flexibility index (Phi) is 4.64. The van der Waals surface area contributed by atoms with Crippen LogP contribution in [-0.2, 0) is 11.2 Å².